The summed E-state index contributed by atoms with van der Waals surface area (Å²) in [6.07, 6.45) is 1.46. The number of hydrogen-bond donors (Lipinski definition) is 1. The number of rotatable bonds is 8. The van der Waals surface area contributed by atoms with Crippen LogP contribution in [0.3, 0.4) is 0 Å². The molecule has 8 heteroatoms. The maximum atomic E-state index is 13.5. The van der Waals surface area contributed by atoms with Gasteiger partial charge in [-0.2, -0.15) is 5.26 Å². The van der Waals surface area contributed by atoms with Crippen molar-refractivity contribution in [2.45, 2.75) is 20.5 Å². The van der Waals surface area contributed by atoms with Gasteiger partial charge in [-0.15, -0.1) is 0 Å². The minimum atomic E-state index is -0.562. The molecule has 0 spiro atoms. The number of nitrogens with one attached hydrogen (secondary N) is 1. The number of hydrogen-bond acceptors (Lipinski definition) is 4. The lowest BCUT2D eigenvalue weighted by Crippen LogP contribution is -2.14. The van der Waals surface area contributed by atoms with Gasteiger partial charge < -0.3 is 14.8 Å². The Morgan fingerprint density at radius 3 is 2.71 bits per heavy atom. The van der Waals surface area contributed by atoms with Crippen molar-refractivity contribution in [2.24, 2.45) is 0 Å². The van der Waals surface area contributed by atoms with E-state index in [0.29, 0.717) is 44.4 Å². The molecule has 1 N–H and O–H groups in total. The van der Waals surface area contributed by atoms with Crippen molar-refractivity contribution >= 4 is 45.2 Å². The van der Waals surface area contributed by atoms with Crippen LogP contribution in [0.4, 0.5) is 10.1 Å². The van der Waals surface area contributed by atoms with Crippen LogP contribution in [0.15, 0.2) is 64.6 Å². The topological polar surface area (TPSA) is 71.3 Å². The molecule has 1 amide bonds. The maximum Gasteiger partial charge on any atom is 0.266 e. The Bertz CT molecular complexity index is 1290. The lowest BCUT2D eigenvalue weighted by Gasteiger charge is -2.15. The highest BCUT2D eigenvalue weighted by Gasteiger charge is 2.15. The predicted molar refractivity (Wildman–Crippen MR) is 134 cm³/mol. The maximum absolute atomic E-state index is 13.5. The zero-order valence-electron chi connectivity index (χ0n) is 18.5. The van der Waals surface area contributed by atoms with Crippen molar-refractivity contribution in [3.8, 4) is 17.6 Å². The van der Waals surface area contributed by atoms with E-state index in [9.17, 15) is 14.4 Å². The van der Waals surface area contributed by atoms with Crippen LogP contribution in [-0.4, -0.2) is 12.5 Å². The second kappa shape index (κ2) is 11.7. The van der Waals surface area contributed by atoms with Crippen molar-refractivity contribution in [3.05, 3.63) is 92.2 Å². The van der Waals surface area contributed by atoms with Gasteiger partial charge in [-0.25, -0.2) is 4.39 Å². The largest absolute Gasteiger partial charge is 0.490 e. The fourth-order valence-electron chi connectivity index (χ4n) is 3.09. The van der Waals surface area contributed by atoms with Crippen LogP contribution in [0.2, 0.25) is 5.02 Å². The van der Waals surface area contributed by atoms with E-state index in [1.807, 2.05) is 19.9 Å². The zero-order valence-corrected chi connectivity index (χ0v) is 20.8. The summed E-state index contributed by atoms with van der Waals surface area (Å²) < 4.78 is 25.6. The minimum Gasteiger partial charge on any atom is -0.490 e. The molecule has 0 unspecified atom stereocenters. The lowest BCUT2D eigenvalue weighted by molar-refractivity contribution is -0.112. The Balaban J connectivity index is 1.86. The summed E-state index contributed by atoms with van der Waals surface area (Å²) in [5.41, 5.74) is 2.47. The number of anilines is 1. The molecule has 0 bridgehead atoms. The number of aryl methyl sites for hydroxylation is 1. The first-order valence-corrected chi connectivity index (χ1v) is 11.5. The highest BCUT2D eigenvalue weighted by molar-refractivity contribution is 9.10. The first-order chi connectivity index (χ1) is 16.3. The van der Waals surface area contributed by atoms with Crippen LogP contribution in [0.1, 0.15) is 23.6 Å². The summed E-state index contributed by atoms with van der Waals surface area (Å²) in [5.74, 6) is -0.0574. The van der Waals surface area contributed by atoms with Gasteiger partial charge in [0.1, 0.15) is 24.1 Å². The molecule has 0 saturated carbocycles. The van der Waals surface area contributed by atoms with E-state index in [4.69, 9.17) is 21.1 Å². The Hall–Kier alpha value is -3.34. The van der Waals surface area contributed by atoms with Crippen LogP contribution in [0.25, 0.3) is 6.08 Å². The average Bonchev–Trinajstić information content (AvgIpc) is 2.79. The van der Waals surface area contributed by atoms with Crippen LogP contribution in [0, 0.1) is 24.1 Å². The Morgan fingerprint density at radius 2 is 2.00 bits per heavy atom. The molecule has 3 aromatic carbocycles. The molecule has 34 heavy (non-hydrogen) atoms. The van der Waals surface area contributed by atoms with Crippen molar-refractivity contribution in [2.75, 3.05) is 11.9 Å². The standard InChI is InChI=1S/C26H21BrClFN2O3/c1-3-33-24-12-18(11-22(27)25(24)34-15-17-5-4-6-21(29)10-17)9-19(14-30)26(32)31-23-13-20(28)8-7-16(23)2/h4-13H,3,15H2,1-2H3,(H,31,32)/b19-9+. The van der Waals surface area contributed by atoms with Crippen LogP contribution in [-0.2, 0) is 11.4 Å². The van der Waals surface area contributed by atoms with E-state index in [-0.39, 0.29) is 18.0 Å². The number of carbonyl (C=O) groups is 1. The third-order valence-electron chi connectivity index (χ3n) is 4.73. The fraction of sp³-hybridized carbons (Fsp3) is 0.154. The van der Waals surface area contributed by atoms with Gasteiger partial charge in [0.05, 0.1) is 11.1 Å². The smallest absolute Gasteiger partial charge is 0.266 e. The van der Waals surface area contributed by atoms with E-state index < -0.39 is 5.91 Å². The zero-order chi connectivity index (χ0) is 24.7. The number of halogens is 3. The summed E-state index contributed by atoms with van der Waals surface area (Å²) >= 11 is 9.48. The minimum absolute atomic E-state index is 0.0952. The molecule has 3 aromatic rings. The predicted octanol–water partition coefficient (Wildman–Crippen LogP) is 7.07. The number of nitrogens with zero attached hydrogens (tertiary/aromatic N) is 1. The summed E-state index contributed by atoms with van der Waals surface area (Å²) in [6.45, 7) is 4.16. The van der Waals surface area contributed by atoms with Gasteiger partial charge in [-0.1, -0.05) is 29.8 Å². The Kier molecular flexibility index (Phi) is 8.69. The fourth-order valence-corrected chi connectivity index (χ4v) is 3.84. The van der Waals surface area contributed by atoms with Crippen LogP contribution in [0.5, 0.6) is 11.5 Å². The highest BCUT2D eigenvalue weighted by atomic mass is 79.9. The third-order valence-corrected chi connectivity index (χ3v) is 5.55. The van der Waals surface area contributed by atoms with Gasteiger partial charge >= 0.3 is 0 Å². The Labute approximate surface area is 210 Å². The molecule has 0 radical (unpaired) electrons. The molecule has 0 fully saturated rings. The summed E-state index contributed by atoms with van der Waals surface area (Å²) in [5, 5.41) is 12.8. The number of ether oxygens (including phenoxy) is 2. The SMILES string of the molecule is CCOc1cc(/C=C(\C#N)C(=O)Nc2cc(Cl)ccc2C)cc(Br)c1OCc1cccc(F)c1. The Morgan fingerprint density at radius 1 is 1.21 bits per heavy atom. The molecule has 0 saturated heterocycles. The molecule has 3 rings (SSSR count). The van der Waals surface area contributed by atoms with Gasteiger partial charge in [-0.3, -0.25) is 4.79 Å². The molecule has 0 heterocycles. The first kappa shape index (κ1) is 25.3. The summed E-state index contributed by atoms with van der Waals surface area (Å²) in [7, 11) is 0. The average molecular weight is 544 g/mol. The monoisotopic (exact) mass is 542 g/mol. The van der Waals surface area contributed by atoms with Crippen molar-refractivity contribution in [3.63, 3.8) is 0 Å². The third kappa shape index (κ3) is 6.60. The summed E-state index contributed by atoms with van der Waals surface area (Å²) in [4.78, 5) is 12.7. The second-order valence-electron chi connectivity index (χ2n) is 7.26. The molecule has 0 aromatic heterocycles. The van der Waals surface area contributed by atoms with E-state index in [1.165, 1.54) is 18.2 Å². The van der Waals surface area contributed by atoms with Gasteiger partial charge in [0.15, 0.2) is 11.5 Å². The second-order valence-corrected chi connectivity index (χ2v) is 8.56. The number of nitriles is 1. The van der Waals surface area contributed by atoms with Crippen LogP contribution < -0.4 is 14.8 Å². The molecular formula is C26H21BrClFN2O3. The number of carbonyl (C=O) groups excluding carboxylic acids is 1. The van der Waals surface area contributed by atoms with Crippen molar-refractivity contribution in [1.82, 2.24) is 0 Å². The molecule has 5 nitrogen and oxygen atoms in total. The number of amides is 1. The van der Waals surface area contributed by atoms with E-state index in [0.717, 1.165) is 5.56 Å². The molecular weight excluding hydrogens is 523 g/mol. The van der Waals surface area contributed by atoms with Crippen LogP contribution >= 0.6 is 27.5 Å². The molecule has 174 valence electrons. The molecule has 0 aliphatic heterocycles. The number of benzene rings is 3. The van der Waals surface area contributed by atoms with Crippen molar-refractivity contribution < 1.29 is 18.7 Å². The van der Waals surface area contributed by atoms with Gasteiger partial charge in [0.25, 0.3) is 5.91 Å². The molecule has 0 aliphatic rings. The van der Waals surface area contributed by atoms with Gasteiger partial charge in [0.2, 0.25) is 0 Å². The van der Waals surface area contributed by atoms with E-state index in [1.54, 1.807) is 42.5 Å². The lowest BCUT2D eigenvalue weighted by atomic mass is 10.1. The van der Waals surface area contributed by atoms with Gasteiger partial charge in [-0.05, 0) is 88.9 Å². The first-order valence-electron chi connectivity index (χ1n) is 10.3. The molecule has 0 atom stereocenters. The van der Waals surface area contributed by atoms with Gasteiger partial charge in [0, 0.05) is 10.7 Å². The van der Waals surface area contributed by atoms with E-state index in [2.05, 4.69) is 21.2 Å². The quantitative estimate of drug-likeness (QED) is 0.244. The highest BCUT2D eigenvalue weighted by Crippen LogP contribution is 2.38. The molecule has 0 aliphatic carbocycles. The summed E-state index contributed by atoms with van der Waals surface area (Å²) in [6, 6.07) is 16.6. The van der Waals surface area contributed by atoms with Crippen molar-refractivity contribution in [1.29, 1.82) is 5.26 Å². The normalized spacial score (nSPS) is 11.0. The van der Waals surface area contributed by atoms with E-state index >= 15 is 0 Å².